The fraction of sp³-hybridized carbons (Fsp3) is 0.538. The van der Waals surface area contributed by atoms with Crippen LogP contribution in [0.3, 0.4) is 0 Å². The molecule has 0 saturated heterocycles. The van der Waals surface area contributed by atoms with Crippen LogP contribution in [0.2, 0.25) is 0 Å². The van der Waals surface area contributed by atoms with E-state index in [-0.39, 0.29) is 12.6 Å². The summed E-state index contributed by atoms with van der Waals surface area (Å²) in [7, 11) is 4.74. The van der Waals surface area contributed by atoms with Gasteiger partial charge < -0.3 is 25.1 Å². The SMILES string of the molecule is COc1cc(OC)c([C@@H](N)CCCO)c(OC)c1. The van der Waals surface area contributed by atoms with Gasteiger partial charge in [-0.1, -0.05) is 0 Å². The molecule has 3 N–H and O–H groups in total. The topological polar surface area (TPSA) is 73.9 Å². The Morgan fingerprint density at radius 2 is 1.67 bits per heavy atom. The molecule has 0 aliphatic carbocycles. The lowest BCUT2D eigenvalue weighted by Gasteiger charge is -2.19. The largest absolute Gasteiger partial charge is 0.496 e. The van der Waals surface area contributed by atoms with Crippen LogP contribution in [0.4, 0.5) is 0 Å². The lowest BCUT2D eigenvalue weighted by atomic mass is 10.0. The summed E-state index contributed by atoms with van der Waals surface area (Å²) in [6.45, 7) is 0.120. The van der Waals surface area contributed by atoms with Gasteiger partial charge in [0.2, 0.25) is 0 Å². The monoisotopic (exact) mass is 255 g/mol. The summed E-state index contributed by atoms with van der Waals surface area (Å²) in [6, 6.07) is 3.31. The number of nitrogens with two attached hydrogens (primary N) is 1. The number of hydrogen-bond donors (Lipinski definition) is 2. The molecule has 18 heavy (non-hydrogen) atoms. The van der Waals surface area contributed by atoms with Gasteiger partial charge in [-0.15, -0.1) is 0 Å². The molecule has 5 nitrogen and oxygen atoms in total. The van der Waals surface area contributed by atoms with Crippen LogP contribution in [0.25, 0.3) is 0 Å². The Morgan fingerprint density at radius 3 is 2.06 bits per heavy atom. The maximum absolute atomic E-state index is 8.86. The van der Waals surface area contributed by atoms with Gasteiger partial charge in [0.1, 0.15) is 17.2 Å². The van der Waals surface area contributed by atoms with Crippen LogP contribution in [0.15, 0.2) is 12.1 Å². The highest BCUT2D eigenvalue weighted by molar-refractivity contribution is 5.52. The predicted octanol–water partition coefficient (Wildman–Crippen LogP) is 1.48. The van der Waals surface area contributed by atoms with Crippen LogP contribution >= 0.6 is 0 Å². The molecular formula is C13H21NO4. The highest BCUT2D eigenvalue weighted by Gasteiger charge is 2.19. The predicted molar refractivity (Wildman–Crippen MR) is 69.3 cm³/mol. The summed E-state index contributed by atoms with van der Waals surface area (Å²) in [4.78, 5) is 0. The lowest BCUT2D eigenvalue weighted by molar-refractivity contribution is 0.278. The van der Waals surface area contributed by atoms with Gasteiger partial charge in [0.05, 0.1) is 26.9 Å². The summed E-state index contributed by atoms with van der Waals surface area (Å²) in [5, 5.41) is 8.86. The highest BCUT2D eigenvalue weighted by Crippen LogP contribution is 2.38. The van der Waals surface area contributed by atoms with E-state index in [4.69, 9.17) is 25.1 Å². The van der Waals surface area contributed by atoms with Gasteiger partial charge in [-0.05, 0) is 12.8 Å². The second-order valence-corrected chi connectivity index (χ2v) is 3.92. The van der Waals surface area contributed by atoms with Crippen LogP contribution < -0.4 is 19.9 Å². The number of aliphatic hydroxyl groups is 1. The van der Waals surface area contributed by atoms with Gasteiger partial charge in [-0.2, -0.15) is 0 Å². The first-order valence-corrected chi connectivity index (χ1v) is 5.84. The molecule has 102 valence electrons. The molecule has 0 radical (unpaired) electrons. The van der Waals surface area contributed by atoms with Crippen molar-refractivity contribution in [3.05, 3.63) is 17.7 Å². The van der Waals surface area contributed by atoms with Gasteiger partial charge in [-0.3, -0.25) is 0 Å². The summed E-state index contributed by atoms with van der Waals surface area (Å²) in [5.74, 6) is 1.93. The Morgan fingerprint density at radius 1 is 1.11 bits per heavy atom. The van der Waals surface area contributed by atoms with E-state index in [9.17, 15) is 0 Å². The summed E-state index contributed by atoms with van der Waals surface area (Å²) in [5.41, 5.74) is 6.91. The van der Waals surface area contributed by atoms with Crippen molar-refractivity contribution in [2.24, 2.45) is 5.73 Å². The average Bonchev–Trinajstić information content (AvgIpc) is 2.42. The zero-order valence-corrected chi connectivity index (χ0v) is 11.1. The zero-order valence-electron chi connectivity index (χ0n) is 11.1. The molecule has 0 saturated carbocycles. The minimum Gasteiger partial charge on any atom is -0.496 e. The van der Waals surface area contributed by atoms with E-state index < -0.39 is 0 Å². The second kappa shape index (κ2) is 7.08. The van der Waals surface area contributed by atoms with Gasteiger partial charge in [0.15, 0.2) is 0 Å². The van der Waals surface area contributed by atoms with E-state index in [2.05, 4.69) is 0 Å². The van der Waals surface area contributed by atoms with Crippen molar-refractivity contribution in [2.75, 3.05) is 27.9 Å². The number of aliphatic hydroxyl groups excluding tert-OH is 1. The average molecular weight is 255 g/mol. The Labute approximate surface area is 107 Å². The number of hydrogen-bond acceptors (Lipinski definition) is 5. The smallest absolute Gasteiger partial charge is 0.131 e. The Bertz CT molecular complexity index is 356. The van der Waals surface area contributed by atoms with Crippen LogP contribution in [0.1, 0.15) is 24.4 Å². The standard InChI is InChI=1S/C13H21NO4/c1-16-9-7-11(17-2)13(12(8-9)18-3)10(14)5-4-6-15/h7-8,10,15H,4-6,14H2,1-3H3/t10-/m0/s1. The molecule has 0 spiro atoms. The first-order chi connectivity index (χ1) is 8.67. The van der Waals surface area contributed by atoms with Crippen molar-refractivity contribution in [2.45, 2.75) is 18.9 Å². The summed E-state index contributed by atoms with van der Waals surface area (Å²) in [6.07, 6.45) is 1.30. The van der Waals surface area contributed by atoms with E-state index in [1.165, 1.54) is 0 Å². The van der Waals surface area contributed by atoms with Crippen molar-refractivity contribution >= 4 is 0 Å². The van der Waals surface area contributed by atoms with Crippen LogP contribution in [-0.4, -0.2) is 33.0 Å². The molecule has 0 aromatic heterocycles. The Hall–Kier alpha value is -1.46. The van der Waals surface area contributed by atoms with Crippen LogP contribution in [0, 0.1) is 0 Å². The molecule has 1 aromatic rings. The Balaban J connectivity index is 3.13. The lowest BCUT2D eigenvalue weighted by Crippen LogP contribution is -2.13. The second-order valence-electron chi connectivity index (χ2n) is 3.92. The van der Waals surface area contributed by atoms with Crippen molar-refractivity contribution in [3.63, 3.8) is 0 Å². The highest BCUT2D eigenvalue weighted by atomic mass is 16.5. The molecule has 0 bridgehead atoms. The molecular weight excluding hydrogens is 234 g/mol. The molecule has 0 amide bonds. The molecule has 5 heteroatoms. The minimum absolute atomic E-state index is 0.120. The van der Waals surface area contributed by atoms with E-state index in [0.29, 0.717) is 30.1 Å². The summed E-state index contributed by atoms with van der Waals surface area (Å²) >= 11 is 0. The van der Waals surface area contributed by atoms with Crippen LogP contribution in [-0.2, 0) is 0 Å². The van der Waals surface area contributed by atoms with E-state index in [1.54, 1.807) is 33.5 Å². The zero-order chi connectivity index (χ0) is 13.5. The molecule has 1 aromatic carbocycles. The maximum Gasteiger partial charge on any atom is 0.131 e. The fourth-order valence-electron chi connectivity index (χ4n) is 1.85. The fourth-order valence-corrected chi connectivity index (χ4v) is 1.85. The van der Waals surface area contributed by atoms with Crippen molar-refractivity contribution < 1.29 is 19.3 Å². The molecule has 0 unspecified atom stereocenters. The summed E-state index contributed by atoms with van der Waals surface area (Å²) < 4.78 is 15.8. The first kappa shape index (κ1) is 14.6. The van der Waals surface area contributed by atoms with Gasteiger partial charge in [0, 0.05) is 24.8 Å². The van der Waals surface area contributed by atoms with Crippen LogP contribution in [0.5, 0.6) is 17.2 Å². The molecule has 0 heterocycles. The third kappa shape index (κ3) is 3.27. The number of ether oxygens (including phenoxy) is 3. The molecule has 0 aliphatic heterocycles. The number of rotatable bonds is 7. The van der Waals surface area contributed by atoms with Gasteiger partial charge >= 0.3 is 0 Å². The number of benzene rings is 1. The van der Waals surface area contributed by atoms with E-state index in [0.717, 1.165) is 5.56 Å². The van der Waals surface area contributed by atoms with Crippen molar-refractivity contribution in [3.8, 4) is 17.2 Å². The molecule has 0 aliphatic rings. The molecule has 0 fully saturated rings. The quantitative estimate of drug-likeness (QED) is 0.772. The van der Waals surface area contributed by atoms with Crippen molar-refractivity contribution in [1.82, 2.24) is 0 Å². The van der Waals surface area contributed by atoms with Gasteiger partial charge in [0.25, 0.3) is 0 Å². The molecule has 1 rings (SSSR count). The van der Waals surface area contributed by atoms with E-state index >= 15 is 0 Å². The normalized spacial score (nSPS) is 12.1. The maximum atomic E-state index is 8.86. The minimum atomic E-state index is -0.243. The third-order valence-corrected chi connectivity index (χ3v) is 2.80. The first-order valence-electron chi connectivity index (χ1n) is 5.84. The molecule has 1 atom stereocenters. The number of methoxy groups -OCH3 is 3. The van der Waals surface area contributed by atoms with Gasteiger partial charge in [-0.25, -0.2) is 0 Å². The van der Waals surface area contributed by atoms with Crippen molar-refractivity contribution in [1.29, 1.82) is 0 Å². The van der Waals surface area contributed by atoms with E-state index in [1.807, 2.05) is 0 Å². The Kier molecular flexibility index (Phi) is 5.74. The third-order valence-electron chi connectivity index (χ3n) is 2.80.